The van der Waals surface area contributed by atoms with Gasteiger partial charge >= 0.3 is 5.97 Å². The smallest absolute Gasteiger partial charge is 0.307 e. The predicted octanol–water partition coefficient (Wildman–Crippen LogP) is 4.95. The van der Waals surface area contributed by atoms with Crippen molar-refractivity contribution in [2.75, 3.05) is 32.8 Å². The van der Waals surface area contributed by atoms with Gasteiger partial charge < -0.3 is 14.7 Å². The van der Waals surface area contributed by atoms with Gasteiger partial charge in [0.15, 0.2) is 0 Å². The quantitative estimate of drug-likeness (QED) is 0.574. The molecule has 1 N–H and O–H groups in total. The summed E-state index contributed by atoms with van der Waals surface area (Å²) in [5.74, 6) is -1.76. The number of aryl methyl sites for hydroxylation is 2. The van der Waals surface area contributed by atoms with E-state index in [1.54, 1.807) is 12.1 Å². The molecular weight excluding hydrogens is 424 g/mol. The van der Waals surface area contributed by atoms with Gasteiger partial charge in [0, 0.05) is 19.0 Å². The largest absolute Gasteiger partial charge is 0.481 e. The number of carboxylic acid groups (broad SMARTS) is 1. The van der Waals surface area contributed by atoms with Gasteiger partial charge in [0.2, 0.25) is 0 Å². The van der Waals surface area contributed by atoms with Crippen molar-refractivity contribution >= 4 is 18.4 Å². The van der Waals surface area contributed by atoms with Crippen LogP contribution in [0.15, 0.2) is 36.4 Å². The lowest BCUT2D eigenvalue weighted by molar-refractivity contribution is -0.143. The van der Waals surface area contributed by atoms with Gasteiger partial charge in [-0.2, -0.15) is 0 Å². The van der Waals surface area contributed by atoms with Gasteiger partial charge in [0.05, 0.1) is 19.1 Å². The van der Waals surface area contributed by atoms with E-state index in [-0.39, 0.29) is 35.9 Å². The molecular formula is C24H30ClF2NO3. The second-order valence-electron chi connectivity index (χ2n) is 8.11. The SMILES string of the molecule is Cc1cc(F)ccc1C(COCCN1CCC[C@@H](C(=O)O)C1)c1ccc(F)cc1C.Cl. The summed E-state index contributed by atoms with van der Waals surface area (Å²) in [5.41, 5.74) is 3.56. The number of carbonyl (C=O) groups is 1. The lowest BCUT2D eigenvalue weighted by atomic mass is 9.86. The number of nitrogens with zero attached hydrogens (tertiary/aromatic N) is 1. The van der Waals surface area contributed by atoms with Gasteiger partial charge in [-0.3, -0.25) is 4.79 Å². The summed E-state index contributed by atoms with van der Waals surface area (Å²) in [7, 11) is 0. The monoisotopic (exact) mass is 453 g/mol. The number of likely N-dealkylation sites (tertiary alicyclic amines) is 1. The average Bonchev–Trinajstić information content (AvgIpc) is 2.70. The Hall–Kier alpha value is -2.02. The number of carboxylic acids is 1. The summed E-state index contributed by atoms with van der Waals surface area (Å²) in [6.45, 7) is 6.69. The molecule has 3 rings (SSSR count). The third-order valence-electron chi connectivity index (χ3n) is 5.91. The fraction of sp³-hybridized carbons (Fsp3) is 0.458. The molecule has 0 aliphatic carbocycles. The molecule has 1 aliphatic rings. The van der Waals surface area contributed by atoms with Crippen molar-refractivity contribution in [1.29, 1.82) is 0 Å². The minimum Gasteiger partial charge on any atom is -0.481 e. The first-order chi connectivity index (χ1) is 14.3. The van der Waals surface area contributed by atoms with Crippen LogP contribution in [0.1, 0.15) is 41.0 Å². The van der Waals surface area contributed by atoms with E-state index in [2.05, 4.69) is 4.90 Å². The summed E-state index contributed by atoms with van der Waals surface area (Å²) in [6, 6.07) is 9.41. The molecule has 7 heteroatoms. The normalized spacial score (nSPS) is 16.9. The van der Waals surface area contributed by atoms with Crippen LogP contribution in [0.2, 0.25) is 0 Å². The molecule has 1 heterocycles. The van der Waals surface area contributed by atoms with Gasteiger partial charge in [-0.05, 0) is 79.8 Å². The molecule has 0 aromatic heterocycles. The van der Waals surface area contributed by atoms with Crippen LogP contribution in [-0.4, -0.2) is 48.8 Å². The van der Waals surface area contributed by atoms with Crippen LogP contribution < -0.4 is 0 Å². The molecule has 1 fully saturated rings. The van der Waals surface area contributed by atoms with E-state index in [9.17, 15) is 18.7 Å². The first kappa shape index (κ1) is 25.2. The van der Waals surface area contributed by atoms with E-state index >= 15 is 0 Å². The van der Waals surface area contributed by atoms with Crippen LogP contribution in [-0.2, 0) is 9.53 Å². The summed E-state index contributed by atoms with van der Waals surface area (Å²) in [5, 5.41) is 9.23. The maximum atomic E-state index is 13.6. The second kappa shape index (κ2) is 11.6. The Morgan fingerprint density at radius 2 is 1.71 bits per heavy atom. The van der Waals surface area contributed by atoms with Crippen molar-refractivity contribution in [1.82, 2.24) is 4.90 Å². The van der Waals surface area contributed by atoms with Gasteiger partial charge in [-0.1, -0.05) is 12.1 Å². The molecule has 0 bridgehead atoms. The van der Waals surface area contributed by atoms with Crippen LogP contribution in [0.4, 0.5) is 8.78 Å². The highest BCUT2D eigenvalue weighted by Crippen LogP contribution is 2.31. The molecule has 1 atom stereocenters. The molecule has 0 amide bonds. The minimum atomic E-state index is -0.737. The second-order valence-corrected chi connectivity index (χ2v) is 8.11. The zero-order valence-electron chi connectivity index (χ0n) is 17.9. The molecule has 1 aliphatic heterocycles. The molecule has 31 heavy (non-hydrogen) atoms. The maximum Gasteiger partial charge on any atom is 0.307 e. The fourth-order valence-corrected chi connectivity index (χ4v) is 4.26. The molecule has 0 spiro atoms. The Labute approximate surface area is 188 Å². The molecule has 2 aromatic carbocycles. The maximum absolute atomic E-state index is 13.6. The number of hydrogen-bond acceptors (Lipinski definition) is 3. The number of hydrogen-bond donors (Lipinski definition) is 1. The van der Waals surface area contributed by atoms with Crippen LogP contribution in [0.25, 0.3) is 0 Å². The molecule has 1 saturated heterocycles. The number of rotatable bonds is 8. The van der Waals surface area contributed by atoms with E-state index in [1.807, 2.05) is 13.8 Å². The first-order valence-electron chi connectivity index (χ1n) is 10.4. The number of benzene rings is 2. The Bertz CT molecular complexity index is 842. The lowest BCUT2D eigenvalue weighted by Gasteiger charge is -2.30. The zero-order chi connectivity index (χ0) is 21.7. The highest BCUT2D eigenvalue weighted by Gasteiger charge is 2.25. The van der Waals surface area contributed by atoms with Gasteiger partial charge in [-0.15, -0.1) is 12.4 Å². The van der Waals surface area contributed by atoms with Crippen LogP contribution in [0.5, 0.6) is 0 Å². The Balaban J connectivity index is 0.00000341. The van der Waals surface area contributed by atoms with Crippen molar-refractivity contribution < 1.29 is 23.4 Å². The van der Waals surface area contributed by atoms with E-state index in [0.717, 1.165) is 41.6 Å². The molecule has 2 aromatic rings. The van der Waals surface area contributed by atoms with Crippen LogP contribution in [0, 0.1) is 31.4 Å². The van der Waals surface area contributed by atoms with E-state index < -0.39 is 5.97 Å². The highest BCUT2D eigenvalue weighted by atomic mass is 35.5. The van der Waals surface area contributed by atoms with Crippen molar-refractivity contribution in [3.05, 3.63) is 70.3 Å². The zero-order valence-corrected chi connectivity index (χ0v) is 18.8. The lowest BCUT2D eigenvalue weighted by Crippen LogP contribution is -2.40. The average molecular weight is 454 g/mol. The van der Waals surface area contributed by atoms with Gasteiger partial charge in [-0.25, -0.2) is 8.78 Å². The number of aliphatic carboxylic acids is 1. The van der Waals surface area contributed by atoms with E-state index in [0.29, 0.717) is 26.3 Å². The summed E-state index contributed by atoms with van der Waals surface area (Å²) >= 11 is 0. The minimum absolute atomic E-state index is 0. The molecule has 0 saturated carbocycles. The number of piperidine rings is 1. The van der Waals surface area contributed by atoms with Crippen molar-refractivity contribution in [2.45, 2.75) is 32.6 Å². The topological polar surface area (TPSA) is 49.8 Å². The number of ether oxygens (including phenoxy) is 1. The summed E-state index contributed by atoms with van der Waals surface area (Å²) in [6.07, 6.45) is 1.60. The molecule has 0 radical (unpaired) electrons. The van der Waals surface area contributed by atoms with E-state index in [4.69, 9.17) is 4.74 Å². The van der Waals surface area contributed by atoms with Crippen LogP contribution in [0.3, 0.4) is 0 Å². The van der Waals surface area contributed by atoms with Crippen molar-refractivity contribution in [3.63, 3.8) is 0 Å². The van der Waals surface area contributed by atoms with Gasteiger partial charge in [0.25, 0.3) is 0 Å². The first-order valence-corrected chi connectivity index (χ1v) is 10.4. The third kappa shape index (κ3) is 6.73. The predicted molar refractivity (Wildman–Crippen MR) is 119 cm³/mol. The third-order valence-corrected chi connectivity index (χ3v) is 5.91. The van der Waals surface area contributed by atoms with Crippen LogP contribution >= 0.6 is 12.4 Å². The van der Waals surface area contributed by atoms with E-state index in [1.165, 1.54) is 24.3 Å². The van der Waals surface area contributed by atoms with Crippen molar-refractivity contribution in [3.8, 4) is 0 Å². The van der Waals surface area contributed by atoms with Gasteiger partial charge in [0.1, 0.15) is 11.6 Å². The summed E-state index contributed by atoms with van der Waals surface area (Å²) in [4.78, 5) is 13.4. The summed E-state index contributed by atoms with van der Waals surface area (Å²) < 4.78 is 33.2. The molecule has 0 unspecified atom stereocenters. The van der Waals surface area contributed by atoms with Crippen molar-refractivity contribution in [2.24, 2.45) is 5.92 Å². The molecule has 170 valence electrons. The Morgan fingerprint density at radius 1 is 1.13 bits per heavy atom. The fourth-order valence-electron chi connectivity index (χ4n) is 4.26. The highest BCUT2D eigenvalue weighted by molar-refractivity contribution is 5.85. The Morgan fingerprint density at radius 3 is 2.23 bits per heavy atom. The molecule has 4 nitrogen and oxygen atoms in total. The standard InChI is InChI=1S/C24H29F2NO3.ClH/c1-16-12-19(25)5-7-21(16)23(22-8-6-20(26)13-17(22)2)15-30-11-10-27-9-3-4-18(14-27)24(28)29;/h5-8,12-13,18,23H,3-4,9-11,14-15H2,1-2H3,(H,28,29);1H/t18-;/m1./s1. The Kier molecular flexibility index (Phi) is 9.41. The number of halogens is 3.